The number of anilines is 1. The molecule has 0 aliphatic rings. The molecule has 116 valence electrons. The lowest BCUT2D eigenvalue weighted by atomic mass is 9.85. The van der Waals surface area contributed by atoms with Gasteiger partial charge in [-0.15, -0.1) is 0 Å². The fourth-order valence-corrected chi connectivity index (χ4v) is 1.75. The molecule has 0 heterocycles. The second-order valence-corrected chi connectivity index (χ2v) is 6.33. The second-order valence-electron chi connectivity index (χ2n) is 6.33. The van der Waals surface area contributed by atoms with E-state index in [-0.39, 0.29) is 29.7 Å². The van der Waals surface area contributed by atoms with Crippen LogP contribution in [0.1, 0.15) is 43.1 Å². The van der Waals surface area contributed by atoms with Crippen LogP contribution in [0.5, 0.6) is 0 Å². The minimum Gasteiger partial charge on any atom is -0.355 e. The molecule has 0 fully saturated rings. The largest absolute Gasteiger partial charge is 0.355 e. The van der Waals surface area contributed by atoms with Crippen molar-refractivity contribution in [2.24, 2.45) is 11.1 Å². The van der Waals surface area contributed by atoms with Crippen molar-refractivity contribution in [2.75, 3.05) is 12.4 Å². The zero-order valence-corrected chi connectivity index (χ0v) is 13.4. The molecule has 0 radical (unpaired) electrons. The molecule has 0 spiro atoms. The monoisotopic (exact) mass is 291 g/mol. The number of carbonyl (C=O) groups excluding carboxylic acids is 2. The van der Waals surface area contributed by atoms with Gasteiger partial charge in [-0.2, -0.15) is 0 Å². The third-order valence-electron chi connectivity index (χ3n) is 3.52. The minimum atomic E-state index is -0.222. The summed E-state index contributed by atoms with van der Waals surface area (Å²) < 4.78 is 0. The Balaban J connectivity index is 2.83. The van der Waals surface area contributed by atoms with Crippen molar-refractivity contribution in [3.8, 4) is 0 Å². The Morgan fingerprint density at radius 2 is 1.90 bits per heavy atom. The number of aryl methyl sites for hydroxylation is 1. The maximum Gasteiger partial charge on any atom is 0.251 e. The van der Waals surface area contributed by atoms with E-state index in [4.69, 9.17) is 5.73 Å². The van der Waals surface area contributed by atoms with Crippen molar-refractivity contribution in [1.82, 2.24) is 5.32 Å². The summed E-state index contributed by atoms with van der Waals surface area (Å²) in [6.07, 6.45) is 0.243. The van der Waals surface area contributed by atoms with Crippen LogP contribution in [0.25, 0.3) is 0 Å². The van der Waals surface area contributed by atoms with Crippen LogP contribution in [0, 0.1) is 12.3 Å². The molecule has 5 heteroatoms. The van der Waals surface area contributed by atoms with E-state index in [2.05, 4.69) is 10.6 Å². The van der Waals surface area contributed by atoms with Gasteiger partial charge in [0.25, 0.3) is 5.91 Å². The summed E-state index contributed by atoms with van der Waals surface area (Å²) in [6.45, 7) is 7.89. The van der Waals surface area contributed by atoms with E-state index < -0.39 is 0 Å². The lowest BCUT2D eigenvalue weighted by molar-refractivity contribution is -0.117. The van der Waals surface area contributed by atoms with Crippen LogP contribution < -0.4 is 16.4 Å². The van der Waals surface area contributed by atoms with Crippen LogP contribution in [0.3, 0.4) is 0 Å². The number of benzene rings is 1. The van der Waals surface area contributed by atoms with E-state index in [9.17, 15) is 9.59 Å². The van der Waals surface area contributed by atoms with E-state index in [0.29, 0.717) is 11.3 Å². The maximum atomic E-state index is 12.1. The zero-order valence-electron chi connectivity index (χ0n) is 13.4. The van der Waals surface area contributed by atoms with Crippen molar-refractivity contribution in [3.63, 3.8) is 0 Å². The van der Waals surface area contributed by atoms with Gasteiger partial charge in [0.1, 0.15) is 0 Å². The molecule has 0 saturated heterocycles. The highest BCUT2D eigenvalue weighted by Crippen LogP contribution is 2.21. The first-order valence-electron chi connectivity index (χ1n) is 7.03. The van der Waals surface area contributed by atoms with E-state index in [1.54, 1.807) is 19.2 Å². The predicted molar refractivity (Wildman–Crippen MR) is 85.2 cm³/mol. The first-order valence-corrected chi connectivity index (χ1v) is 7.03. The fourth-order valence-electron chi connectivity index (χ4n) is 1.75. The van der Waals surface area contributed by atoms with E-state index in [0.717, 1.165) is 5.56 Å². The van der Waals surface area contributed by atoms with Crippen LogP contribution >= 0.6 is 0 Å². The summed E-state index contributed by atoms with van der Waals surface area (Å²) >= 11 is 0. The molecule has 0 aliphatic carbocycles. The fraction of sp³-hybridized carbons (Fsp3) is 0.500. The summed E-state index contributed by atoms with van der Waals surface area (Å²) in [5.74, 6) is -0.327. The second kappa shape index (κ2) is 6.72. The molecule has 4 N–H and O–H groups in total. The van der Waals surface area contributed by atoms with Gasteiger partial charge in [0.2, 0.25) is 5.91 Å². The molecule has 21 heavy (non-hydrogen) atoms. The minimum absolute atomic E-state index is 0.129. The highest BCUT2D eigenvalue weighted by Gasteiger charge is 2.23. The molecule has 0 aromatic heterocycles. The topological polar surface area (TPSA) is 84.2 Å². The van der Waals surface area contributed by atoms with Crippen LogP contribution in [0.15, 0.2) is 18.2 Å². The molecule has 5 nitrogen and oxygen atoms in total. The Morgan fingerprint density at radius 1 is 1.29 bits per heavy atom. The Bertz CT molecular complexity index is 533. The van der Waals surface area contributed by atoms with Gasteiger partial charge in [-0.1, -0.05) is 26.8 Å². The molecule has 2 amide bonds. The Morgan fingerprint density at radius 3 is 2.43 bits per heavy atom. The maximum absolute atomic E-state index is 12.1. The van der Waals surface area contributed by atoms with Gasteiger partial charge >= 0.3 is 0 Å². The van der Waals surface area contributed by atoms with Gasteiger partial charge in [-0.05, 0) is 30.0 Å². The van der Waals surface area contributed by atoms with Crippen molar-refractivity contribution < 1.29 is 9.59 Å². The molecule has 1 unspecified atom stereocenters. The highest BCUT2D eigenvalue weighted by atomic mass is 16.2. The van der Waals surface area contributed by atoms with Crippen LogP contribution in [-0.2, 0) is 4.79 Å². The molecular weight excluding hydrogens is 266 g/mol. The summed E-state index contributed by atoms with van der Waals surface area (Å²) in [5, 5.41) is 5.40. The van der Waals surface area contributed by atoms with Crippen molar-refractivity contribution in [2.45, 2.75) is 40.2 Å². The van der Waals surface area contributed by atoms with Crippen LogP contribution in [-0.4, -0.2) is 24.9 Å². The Labute approximate surface area is 126 Å². The predicted octanol–water partition coefficient (Wildman–Crippen LogP) is 2.06. The molecule has 0 bridgehead atoms. The molecule has 1 atom stereocenters. The molecule has 1 aromatic rings. The van der Waals surface area contributed by atoms with Crippen molar-refractivity contribution in [3.05, 3.63) is 29.3 Å². The van der Waals surface area contributed by atoms with Gasteiger partial charge in [0.05, 0.1) is 0 Å². The number of nitrogens with two attached hydrogens (primary N) is 1. The number of rotatable bonds is 4. The van der Waals surface area contributed by atoms with E-state index in [1.807, 2.05) is 33.8 Å². The zero-order chi connectivity index (χ0) is 16.2. The molecule has 0 saturated carbocycles. The highest BCUT2D eigenvalue weighted by molar-refractivity contribution is 5.97. The van der Waals surface area contributed by atoms with Gasteiger partial charge in [0, 0.05) is 30.8 Å². The van der Waals surface area contributed by atoms with Gasteiger partial charge < -0.3 is 16.4 Å². The number of amides is 2. The van der Waals surface area contributed by atoms with E-state index >= 15 is 0 Å². The molecule has 1 rings (SSSR count). The Hall–Kier alpha value is -1.88. The number of nitrogens with one attached hydrogen (secondary N) is 2. The number of hydrogen-bond donors (Lipinski definition) is 3. The summed E-state index contributed by atoms with van der Waals surface area (Å²) in [7, 11) is 1.57. The third-order valence-corrected chi connectivity index (χ3v) is 3.52. The van der Waals surface area contributed by atoms with Crippen LogP contribution in [0.2, 0.25) is 0 Å². The SMILES string of the molecule is CNC(=O)c1ccc(C)c(NC(=O)CC(N)C(C)(C)C)c1. The normalized spacial score (nSPS) is 12.7. The number of hydrogen-bond acceptors (Lipinski definition) is 3. The van der Waals surface area contributed by atoms with Gasteiger partial charge in [0.15, 0.2) is 0 Å². The van der Waals surface area contributed by atoms with Crippen LogP contribution in [0.4, 0.5) is 5.69 Å². The lowest BCUT2D eigenvalue weighted by Gasteiger charge is -2.26. The summed E-state index contributed by atoms with van der Waals surface area (Å²) in [4.78, 5) is 23.7. The molecule has 0 aliphatic heterocycles. The lowest BCUT2D eigenvalue weighted by Crippen LogP contribution is -2.38. The summed E-state index contributed by atoms with van der Waals surface area (Å²) in [6, 6.07) is 4.99. The smallest absolute Gasteiger partial charge is 0.251 e. The van der Waals surface area contributed by atoms with Crippen molar-refractivity contribution in [1.29, 1.82) is 0 Å². The average molecular weight is 291 g/mol. The van der Waals surface area contributed by atoms with Crippen molar-refractivity contribution >= 4 is 17.5 Å². The quantitative estimate of drug-likeness (QED) is 0.794. The standard InChI is InChI=1S/C16H25N3O2/c1-10-6-7-11(15(21)18-5)8-12(10)19-14(20)9-13(17)16(2,3)4/h6-8,13H,9,17H2,1-5H3,(H,18,21)(H,19,20). The summed E-state index contributed by atoms with van der Waals surface area (Å²) in [5.41, 5.74) is 7.95. The van der Waals surface area contributed by atoms with E-state index in [1.165, 1.54) is 0 Å². The first-order chi connectivity index (χ1) is 9.65. The number of carbonyl (C=O) groups is 2. The molecular formula is C16H25N3O2. The first kappa shape index (κ1) is 17.2. The molecule has 1 aromatic carbocycles. The average Bonchev–Trinajstić information content (AvgIpc) is 2.39. The van der Waals surface area contributed by atoms with Gasteiger partial charge in [-0.3, -0.25) is 9.59 Å². The third kappa shape index (κ3) is 4.86. The Kier molecular flexibility index (Phi) is 5.49. The van der Waals surface area contributed by atoms with Gasteiger partial charge in [-0.25, -0.2) is 0 Å².